The van der Waals surface area contributed by atoms with Gasteiger partial charge in [0.15, 0.2) is 5.69 Å². The fourth-order valence-corrected chi connectivity index (χ4v) is 4.22. The molecule has 152 valence electrons. The molecule has 0 saturated heterocycles. The number of hydrogen-bond acceptors (Lipinski definition) is 5. The number of primary amides is 1. The van der Waals surface area contributed by atoms with Crippen LogP contribution in [0.3, 0.4) is 0 Å². The molecule has 0 bridgehead atoms. The van der Waals surface area contributed by atoms with Crippen molar-refractivity contribution >= 4 is 27.5 Å². The number of nitrogens with one attached hydrogen (secondary N) is 2. The van der Waals surface area contributed by atoms with E-state index >= 15 is 0 Å². The predicted molar refractivity (Wildman–Crippen MR) is 105 cm³/mol. The summed E-state index contributed by atoms with van der Waals surface area (Å²) in [5.41, 5.74) is 6.85. The molecule has 0 aliphatic heterocycles. The van der Waals surface area contributed by atoms with Crippen LogP contribution in [0.2, 0.25) is 0 Å². The van der Waals surface area contributed by atoms with E-state index in [2.05, 4.69) is 15.5 Å². The zero-order valence-electron chi connectivity index (χ0n) is 16.2. The van der Waals surface area contributed by atoms with E-state index in [4.69, 9.17) is 5.73 Å². The van der Waals surface area contributed by atoms with E-state index in [0.29, 0.717) is 25.2 Å². The number of aromatic nitrogens is 2. The van der Waals surface area contributed by atoms with Crippen molar-refractivity contribution in [1.82, 2.24) is 14.5 Å². The number of H-pyrrole nitrogens is 1. The topological polar surface area (TPSA) is 138 Å². The molecule has 0 unspecified atom stereocenters. The number of amides is 2. The minimum atomic E-state index is -3.50. The van der Waals surface area contributed by atoms with Gasteiger partial charge in [-0.25, -0.2) is 8.42 Å². The lowest BCUT2D eigenvalue weighted by atomic mass is 10.1. The molecule has 2 rings (SSSR count). The maximum absolute atomic E-state index is 12.5. The van der Waals surface area contributed by atoms with Gasteiger partial charge in [0, 0.05) is 19.5 Å². The Morgan fingerprint density at radius 2 is 1.79 bits per heavy atom. The third-order valence-corrected chi connectivity index (χ3v) is 6.42. The number of nitrogens with two attached hydrogens (primary N) is 1. The van der Waals surface area contributed by atoms with Crippen molar-refractivity contribution in [3.8, 4) is 0 Å². The Morgan fingerprint density at radius 1 is 1.18 bits per heavy atom. The van der Waals surface area contributed by atoms with Gasteiger partial charge >= 0.3 is 0 Å². The lowest BCUT2D eigenvalue weighted by Gasteiger charge is -2.18. The molecule has 0 spiro atoms. The van der Waals surface area contributed by atoms with Crippen molar-refractivity contribution in [2.45, 2.75) is 38.5 Å². The van der Waals surface area contributed by atoms with Gasteiger partial charge in [0.05, 0.1) is 16.3 Å². The van der Waals surface area contributed by atoms with Gasteiger partial charge in [-0.3, -0.25) is 14.7 Å². The number of aryl methyl sites for hydroxylation is 2. The number of nitrogens with zero attached hydrogens (tertiary/aromatic N) is 2. The monoisotopic (exact) mass is 407 g/mol. The van der Waals surface area contributed by atoms with Crippen LogP contribution in [0.25, 0.3) is 0 Å². The van der Waals surface area contributed by atoms with Gasteiger partial charge in [-0.2, -0.15) is 9.40 Å². The van der Waals surface area contributed by atoms with E-state index < -0.39 is 15.9 Å². The van der Waals surface area contributed by atoms with E-state index in [9.17, 15) is 18.0 Å². The maximum Gasteiger partial charge on any atom is 0.271 e. The van der Waals surface area contributed by atoms with Crippen LogP contribution in [-0.2, 0) is 21.2 Å². The van der Waals surface area contributed by atoms with Crippen molar-refractivity contribution in [3.05, 3.63) is 41.2 Å². The van der Waals surface area contributed by atoms with Gasteiger partial charge in [-0.15, -0.1) is 0 Å². The molecule has 10 heteroatoms. The first-order chi connectivity index (χ1) is 13.2. The molecule has 1 aromatic heterocycles. The van der Waals surface area contributed by atoms with Gasteiger partial charge in [0.2, 0.25) is 15.9 Å². The smallest absolute Gasteiger partial charge is 0.271 e. The third-order valence-electron chi connectivity index (χ3n) is 4.35. The van der Waals surface area contributed by atoms with Crippen molar-refractivity contribution in [2.24, 2.45) is 5.73 Å². The summed E-state index contributed by atoms with van der Waals surface area (Å²) in [6.07, 6.45) is 0.575. The first-order valence-electron chi connectivity index (χ1n) is 8.94. The second-order valence-corrected chi connectivity index (χ2v) is 8.16. The first kappa shape index (κ1) is 21.6. The molecule has 1 heterocycles. The van der Waals surface area contributed by atoms with Gasteiger partial charge in [-0.1, -0.05) is 26.0 Å². The highest BCUT2D eigenvalue weighted by molar-refractivity contribution is 7.89. The van der Waals surface area contributed by atoms with Gasteiger partial charge in [0.25, 0.3) is 5.91 Å². The molecule has 0 fully saturated rings. The predicted octanol–water partition coefficient (Wildman–Crippen LogP) is 1.42. The van der Waals surface area contributed by atoms with Crippen LogP contribution in [0.15, 0.2) is 29.2 Å². The zero-order chi connectivity index (χ0) is 20.9. The van der Waals surface area contributed by atoms with Crippen LogP contribution in [-0.4, -0.2) is 47.8 Å². The van der Waals surface area contributed by atoms with Gasteiger partial charge < -0.3 is 11.1 Å². The summed E-state index contributed by atoms with van der Waals surface area (Å²) in [6, 6.07) is 6.49. The third kappa shape index (κ3) is 4.76. The van der Waals surface area contributed by atoms with Crippen LogP contribution in [0, 0.1) is 6.92 Å². The Morgan fingerprint density at radius 3 is 2.32 bits per heavy atom. The summed E-state index contributed by atoms with van der Waals surface area (Å²) in [5, 5.41) is 9.02. The normalized spacial score (nSPS) is 11.6. The highest BCUT2D eigenvalue weighted by Crippen LogP contribution is 2.19. The number of aromatic amines is 1. The number of carbonyl (C=O) groups excluding carboxylic acids is 2. The molecule has 0 radical (unpaired) electrons. The number of anilines is 1. The molecule has 0 saturated carbocycles. The Kier molecular flexibility index (Phi) is 6.92. The fourth-order valence-electron chi connectivity index (χ4n) is 2.76. The number of carbonyl (C=O) groups is 2. The summed E-state index contributed by atoms with van der Waals surface area (Å²) in [7, 11) is -3.50. The van der Waals surface area contributed by atoms with Crippen LogP contribution >= 0.6 is 0 Å². The highest BCUT2D eigenvalue weighted by atomic mass is 32.2. The van der Waals surface area contributed by atoms with Crippen molar-refractivity contribution in [2.75, 3.05) is 18.4 Å². The van der Waals surface area contributed by atoms with Crippen molar-refractivity contribution in [3.63, 3.8) is 0 Å². The van der Waals surface area contributed by atoms with Crippen LogP contribution in [0.5, 0.6) is 0 Å². The minimum absolute atomic E-state index is 0.0168. The van der Waals surface area contributed by atoms with E-state index in [1.54, 1.807) is 45.0 Å². The summed E-state index contributed by atoms with van der Waals surface area (Å²) < 4.78 is 26.4. The average molecular weight is 407 g/mol. The molecule has 0 aliphatic rings. The van der Waals surface area contributed by atoms with Crippen LogP contribution in [0.4, 0.5) is 5.69 Å². The Bertz CT molecular complexity index is 947. The van der Waals surface area contributed by atoms with Crippen molar-refractivity contribution < 1.29 is 18.0 Å². The molecule has 2 aromatic rings. The van der Waals surface area contributed by atoms with E-state index in [1.165, 1.54) is 4.31 Å². The lowest BCUT2D eigenvalue weighted by molar-refractivity contribution is -0.116. The SMILES string of the molecule is CCN(CC)S(=O)(=O)c1ccc(CCC(=O)Nc2c(C(N)=O)n[nH]c2C)cc1. The standard InChI is InChI=1S/C18H25N5O4S/c1-4-23(5-2)28(26,27)14-9-6-13(7-10-14)8-11-15(24)20-16-12(3)21-22-17(16)18(19)25/h6-7,9-10H,4-5,8,11H2,1-3H3,(H2,19,25)(H,20,24)(H,21,22). The molecule has 9 nitrogen and oxygen atoms in total. The number of rotatable bonds is 9. The molecule has 2 amide bonds. The second-order valence-electron chi connectivity index (χ2n) is 6.22. The number of sulfonamides is 1. The molecular formula is C18H25N5O4S. The van der Waals surface area contributed by atoms with E-state index in [1.807, 2.05) is 0 Å². The summed E-state index contributed by atoms with van der Waals surface area (Å²) >= 11 is 0. The number of benzene rings is 1. The number of hydrogen-bond donors (Lipinski definition) is 3. The molecular weight excluding hydrogens is 382 g/mol. The van der Waals surface area contributed by atoms with Gasteiger partial charge in [0.1, 0.15) is 0 Å². The maximum atomic E-state index is 12.5. The van der Waals surface area contributed by atoms with E-state index in [0.717, 1.165) is 5.56 Å². The van der Waals surface area contributed by atoms with Crippen LogP contribution < -0.4 is 11.1 Å². The average Bonchev–Trinajstić information content (AvgIpc) is 3.02. The molecule has 0 aliphatic carbocycles. The highest BCUT2D eigenvalue weighted by Gasteiger charge is 2.21. The largest absolute Gasteiger partial charge is 0.364 e. The Hall–Kier alpha value is -2.72. The minimum Gasteiger partial charge on any atom is -0.364 e. The summed E-state index contributed by atoms with van der Waals surface area (Å²) in [4.78, 5) is 23.8. The fraction of sp³-hybridized carbons (Fsp3) is 0.389. The molecule has 4 N–H and O–H groups in total. The van der Waals surface area contributed by atoms with Crippen LogP contribution in [0.1, 0.15) is 42.0 Å². The lowest BCUT2D eigenvalue weighted by Crippen LogP contribution is -2.30. The summed E-state index contributed by atoms with van der Waals surface area (Å²) in [6.45, 7) is 6.06. The molecule has 1 aromatic carbocycles. The molecule has 28 heavy (non-hydrogen) atoms. The molecule has 0 atom stereocenters. The Labute approximate surface area is 164 Å². The Balaban J connectivity index is 2.01. The second kappa shape index (κ2) is 8.98. The summed E-state index contributed by atoms with van der Waals surface area (Å²) in [5.74, 6) is -1.03. The van der Waals surface area contributed by atoms with Crippen molar-refractivity contribution in [1.29, 1.82) is 0 Å². The quantitative estimate of drug-likeness (QED) is 0.577. The zero-order valence-corrected chi connectivity index (χ0v) is 17.0. The van der Waals surface area contributed by atoms with E-state index in [-0.39, 0.29) is 28.6 Å². The van der Waals surface area contributed by atoms with Gasteiger partial charge in [-0.05, 0) is 31.0 Å². The first-order valence-corrected chi connectivity index (χ1v) is 10.4.